The molecule has 0 fully saturated rings. The minimum Gasteiger partial charge on any atom is -0.423 e. The predicted molar refractivity (Wildman–Crippen MR) is 68.7 cm³/mol. The minimum absolute atomic E-state index is 0.481. The number of hydrogen-bond donors (Lipinski definition) is 2. The molecule has 84 valence electrons. The van der Waals surface area contributed by atoms with Crippen LogP contribution in [0.3, 0.4) is 0 Å². The van der Waals surface area contributed by atoms with Crippen LogP contribution in [0.25, 0.3) is 0 Å². The summed E-state index contributed by atoms with van der Waals surface area (Å²) < 4.78 is 0. The van der Waals surface area contributed by atoms with Crippen molar-refractivity contribution in [2.45, 2.75) is 19.8 Å². The molecular weight excluding hydrogens is 199 g/mol. The second-order valence-electron chi connectivity index (χ2n) is 3.61. The fourth-order valence-electron chi connectivity index (χ4n) is 1.57. The highest BCUT2D eigenvalue weighted by Crippen LogP contribution is 2.20. The largest absolute Gasteiger partial charge is 0.488 e. The zero-order valence-corrected chi connectivity index (χ0v) is 9.56. The van der Waals surface area contributed by atoms with Gasteiger partial charge in [-0.2, -0.15) is 0 Å². The molecular formula is C13H17BO2. The fraction of sp³-hybridized carbons (Fsp3) is 0.231. The molecule has 0 aromatic rings. The molecule has 0 atom stereocenters. The molecule has 1 aliphatic carbocycles. The van der Waals surface area contributed by atoms with E-state index in [-0.39, 0.29) is 0 Å². The van der Waals surface area contributed by atoms with Crippen molar-refractivity contribution in [1.82, 2.24) is 0 Å². The first-order chi connectivity index (χ1) is 7.69. The standard InChI is InChI=1S/C13H17BO2/c1-3-11(10-13(4-2)14(15)16)12-8-6-5-7-9-12/h3-4,6,8-10,15-16H,1,5,7H2,2H3/b11-10+,13-4+. The topological polar surface area (TPSA) is 40.5 Å². The summed E-state index contributed by atoms with van der Waals surface area (Å²) in [5, 5.41) is 18.3. The van der Waals surface area contributed by atoms with Crippen LogP contribution in [0, 0.1) is 0 Å². The molecule has 0 unspecified atom stereocenters. The molecule has 0 saturated carbocycles. The van der Waals surface area contributed by atoms with Crippen molar-refractivity contribution >= 4 is 7.12 Å². The van der Waals surface area contributed by atoms with Crippen LogP contribution in [-0.4, -0.2) is 17.2 Å². The molecule has 0 bridgehead atoms. The summed E-state index contributed by atoms with van der Waals surface area (Å²) >= 11 is 0. The highest BCUT2D eigenvalue weighted by molar-refractivity contribution is 6.51. The zero-order chi connectivity index (χ0) is 12.0. The molecule has 3 heteroatoms. The average Bonchev–Trinajstić information content (AvgIpc) is 2.31. The summed E-state index contributed by atoms with van der Waals surface area (Å²) in [5.41, 5.74) is 2.48. The average molecular weight is 216 g/mol. The van der Waals surface area contributed by atoms with Gasteiger partial charge in [0.05, 0.1) is 0 Å². The van der Waals surface area contributed by atoms with Crippen molar-refractivity contribution in [3.63, 3.8) is 0 Å². The van der Waals surface area contributed by atoms with Crippen molar-refractivity contribution < 1.29 is 10.0 Å². The third-order valence-corrected chi connectivity index (χ3v) is 2.50. The monoisotopic (exact) mass is 216 g/mol. The lowest BCUT2D eigenvalue weighted by atomic mass is 9.77. The Kier molecular flexibility index (Phi) is 5.03. The van der Waals surface area contributed by atoms with E-state index in [0.29, 0.717) is 5.47 Å². The van der Waals surface area contributed by atoms with E-state index < -0.39 is 7.12 Å². The second kappa shape index (κ2) is 6.31. The number of allylic oxidation sites excluding steroid dienone is 9. The van der Waals surface area contributed by atoms with Crippen LogP contribution in [0.4, 0.5) is 0 Å². The van der Waals surface area contributed by atoms with Gasteiger partial charge in [-0.15, -0.1) is 0 Å². The van der Waals surface area contributed by atoms with Gasteiger partial charge in [-0.3, -0.25) is 0 Å². The van der Waals surface area contributed by atoms with E-state index in [2.05, 4.69) is 18.7 Å². The van der Waals surface area contributed by atoms with Crippen LogP contribution >= 0.6 is 0 Å². The smallest absolute Gasteiger partial charge is 0.423 e. The lowest BCUT2D eigenvalue weighted by Crippen LogP contribution is -2.14. The SMILES string of the molecule is C=C/C(=C\C(=C/C)B(O)O)C1=CCCC=C1. The van der Waals surface area contributed by atoms with Crippen LogP contribution in [0.1, 0.15) is 19.8 Å². The maximum absolute atomic E-state index is 9.13. The fourth-order valence-corrected chi connectivity index (χ4v) is 1.57. The summed E-state index contributed by atoms with van der Waals surface area (Å²) in [6, 6.07) is 0. The van der Waals surface area contributed by atoms with Crippen molar-refractivity contribution in [2.75, 3.05) is 0 Å². The first-order valence-corrected chi connectivity index (χ1v) is 5.42. The second-order valence-corrected chi connectivity index (χ2v) is 3.61. The summed E-state index contributed by atoms with van der Waals surface area (Å²) in [6.07, 6.45) is 13.5. The van der Waals surface area contributed by atoms with Crippen LogP contribution in [-0.2, 0) is 0 Å². The predicted octanol–water partition coefficient (Wildman–Crippen LogP) is 2.33. The first-order valence-electron chi connectivity index (χ1n) is 5.42. The van der Waals surface area contributed by atoms with Crippen molar-refractivity contribution in [3.05, 3.63) is 59.7 Å². The lowest BCUT2D eigenvalue weighted by Gasteiger charge is -2.09. The molecule has 0 aromatic heterocycles. The molecule has 2 nitrogen and oxygen atoms in total. The molecule has 2 N–H and O–H groups in total. The summed E-state index contributed by atoms with van der Waals surface area (Å²) in [7, 11) is -1.44. The van der Waals surface area contributed by atoms with E-state index in [1.54, 1.807) is 25.2 Å². The lowest BCUT2D eigenvalue weighted by molar-refractivity contribution is 0.420. The van der Waals surface area contributed by atoms with Gasteiger partial charge in [-0.25, -0.2) is 0 Å². The van der Waals surface area contributed by atoms with Gasteiger partial charge in [0.2, 0.25) is 0 Å². The normalized spacial score (nSPS) is 17.1. The van der Waals surface area contributed by atoms with Gasteiger partial charge in [0.1, 0.15) is 0 Å². The van der Waals surface area contributed by atoms with E-state index >= 15 is 0 Å². The highest BCUT2D eigenvalue weighted by Gasteiger charge is 2.12. The molecule has 0 spiro atoms. The Hall–Kier alpha value is -1.32. The first kappa shape index (κ1) is 12.8. The molecule has 0 aliphatic heterocycles. The molecule has 1 rings (SSSR count). The van der Waals surface area contributed by atoms with Crippen LogP contribution in [0.5, 0.6) is 0 Å². The van der Waals surface area contributed by atoms with Gasteiger partial charge in [-0.1, -0.05) is 43.0 Å². The van der Waals surface area contributed by atoms with Gasteiger partial charge >= 0.3 is 7.12 Å². The van der Waals surface area contributed by atoms with Gasteiger partial charge < -0.3 is 10.0 Å². The van der Waals surface area contributed by atoms with E-state index in [1.165, 1.54) is 0 Å². The Balaban J connectivity index is 2.97. The number of rotatable bonds is 4. The third kappa shape index (κ3) is 3.37. The van der Waals surface area contributed by atoms with Gasteiger partial charge in [0, 0.05) is 0 Å². The van der Waals surface area contributed by atoms with Crippen LogP contribution in [0.2, 0.25) is 0 Å². The summed E-state index contributed by atoms with van der Waals surface area (Å²) in [4.78, 5) is 0. The van der Waals surface area contributed by atoms with Crippen molar-refractivity contribution in [1.29, 1.82) is 0 Å². The molecule has 16 heavy (non-hydrogen) atoms. The molecule has 0 heterocycles. The maximum atomic E-state index is 9.13. The summed E-state index contributed by atoms with van der Waals surface area (Å²) in [5.74, 6) is 0. The maximum Gasteiger partial charge on any atom is 0.488 e. The zero-order valence-electron chi connectivity index (χ0n) is 9.56. The van der Waals surface area contributed by atoms with Crippen molar-refractivity contribution in [2.24, 2.45) is 0 Å². The van der Waals surface area contributed by atoms with Gasteiger partial charge in [-0.05, 0) is 36.4 Å². The third-order valence-electron chi connectivity index (χ3n) is 2.50. The number of hydrogen-bond acceptors (Lipinski definition) is 2. The molecule has 0 aromatic carbocycles. The van der Waals surface area contributed by atoms with Crippen LogP contribution < -0.4 is 0 Å². The highest BCUT2D eigenvalue weighted by atomic mass is 16.4. The Bertz CT molecular complexity index is 373. The van der Waals surface area contributed by atoms with E-state index in [1.807, 2.05) is 6.08 Å². The minimum atomic E-state index is -1.44. The van der Waals surface area contributed by atoms with E-state index in [4.69, 9.17) is 10.0 Å². The van der Waals surface area contributed by atoms with Crippen LogP contribution in [0.15, 0.2) is 59.7 Å². The van der Waals surface area contributed by atoms with E-state index in [9.17, 15) is 0 Å². The van der Waals surface area contributed by atoms with Gasteiger partial charge in [0.15, 0.2) is 0 Å². The van der Waals surface area contributed by atoms with Crippen molar-refractivity contribution in [3.8, 4) is 0 Å². The molecule has 0 saturated heterocycles. The Labute approximate surface area is 97.1 Å². The Morgan fingerprint density at radius 2 is 2.19 bits per heavy atom. The quantitative estimate of drug-likeness (QED) is 0.559. The van der Waals surface area contributed by atoms with E-state index in [0.717, 1.165) is 24.0 Å². The molecule has 1 aliphatic rings. The van der Waals surface area contributed by atoms with Gasteiger partial charge in [0.25, 0.3) is 0 Å². The molecule has 0 amide bonds. The molecule has 0 radical (unpaired) electrons. The summed E-state index contributed by atoms with van der Waals surface area (Å²) in [6.45, 7) is 5.52. The Morgan fingerprint density at radius 3 is 2.62 bits per heavy atom. The Morgan fingerprint density at radius 1 is 1.44 bits per heavy atom.